The third-order valence-corrected chi connectivity index (χ3v) is 2.95. The van der Waals surface area contributed by atoms with E-state index in [0.717, 1.165) is 23.8 Å². The zero-order chi connectivity index (χ0) is 13.8. The van der Waals surface area contributed by atoms with Crippen molar-refractivity contribution < 1.29 is 13.5 Å². The van der Waals surface area contributed by atoms with E-state index in [4.69, 9.17) is 10.5 Å². The zero-order valence-electron chi connectivity index (χ0n) is 10.6. The largest absolute Gasteiger partial charge is 0.497 e. The van der Waals surface area contributed by atoms with E-state index in [2.05, 4.69) is 0 Å². The minimum Gasteiger partial charge on any atom is -0.497 e. The Morgan fingerprint density at radius 2 is 1.95 bits per heavy atom. The lowest BCUT2D eigenvalue weighted by molar-refractivity contribution is 0.414. The van der Waals surface area contributed by atoms with Crippen molar-refractivity contribution in [2.24, 2.45) is 5.73 Å². The predicted octanol–water partition coefficient (Wildman–Crippen LogP) is 3.22. The molecule has 0 saturated carbocycles. The number of halogens is 2. The van der Waals surface area contributed by atoms with Crippen molar-refractivity contribution in [3.8, 4) is 5.75 Å². The molecule has 4 heteroatoms. The van der Waals surface area contributed by atoms with Crippen molar-refractivity contribution >= 4 is 0 Å². The van der Waals surface area contributed by atoms with Gasteiger partial charge >= 0.3 is 0 Å². The van der Waals surface area contributed by atoms with Gasteiger partial charge < -0.3 is 10.5 Å². The minimum atomic E-state index is -0.595. The average Bonchev–Trinajstić information content (AvgIpc) is 2.41. The molecule has 2 rings (SSSR count). The molecule has 100 valence electrons. The van der Waals surface area contributed by atoms with Crippen molar-refractivity contribution in [3.05, 3.63) is 65.2 Å². The SMILES string of the molecule is COc1cccc(CC(N)c2cc(F)ccc2F)c1. The molecule has 2 N–H and O–H groups in total. The molecule has 0 aromatic heterocycles. The Morgan fingerprint density at radius 3 is 2.68 bits per heavy atom. The highest BCUT2D eigenvalue weighted by Gasteiger charge is 2.13. The van der Waals surface area contributed by atoms with Crippen molar-refractivity contribution in [2.75, 3.05) is 7.11 Å². The number of hydrogen-bond donors (Lipinski definition) is 1. The lowest BCUT2D eigenvalue weighted by Crippen LogP contribution is -2.15. The first-order chi connectivity index (χ1) is 9.10. The first-order valence-electron chi connectivity index (χ1n) is 5.93. The predicted molar refractivity (Wildman–Crippen MR) is 70.0 cm³/mol. The van der Waals surface area contributed by atoms with Gasteiger partial charge in [-0.25, -0.2) is 8.78 Å². The van der Waals surface area contributed by atoms with Gasteiger partial charge in [-0.3, -0.25) is 0 Å². The van der Waals surface area contributed by atoms with Crippen LogP contribution in [0.3, 0.4) is 0 Å². The van der Waals surface area contributed by atoms with Crippen LogP contribution in [0, 0.1) is 11.6 Å². The Balaban J connectivity index is 2.20. The van der Waals surface area contributed by atoms with E-state index < -0.39 is 17.7 Å². The van der Waals surface area contributed by atoms with Crippen LogP contribution < -0.4 is 10.5 Å². The van der Waals surface area contributed by atoms with Gasteiger partial charge in [0.1, 0.15) is 17.4 Å². The quantitative estimate of drug-likeness (QED) is 0.919. The molecule has 0 heterocycles. The lowest BCUT2D eigenvalue weighted by Gasteiger charge is -2.13. The highest BCUT2D eigenvalue weighted by Crippen LogP contribution is 2.22. The smallest absolute Gasteiger partial charge is 0.128 e. The maximum atomic E-state index is 13.6. The molecule has 2 aromatic carbocycles. The van der Waals surface area contributed by atoms with Crippen LogP contribution in [0.15, 0.2) is 42.5 Å². The number of nitrogens with two attached hydrogens (primary N) is 1. The summed E-state index contributed by atoms with van der Waals surface area (Å²) in [5, 5.41) is 0. The fourth-order valence-electron chi connectivity index (χ4n) is 1.96. The van der Waals surface area contributed by atoms with Gasteiger partial charge in [-0.05, 0) is 42.3 Å². The second-order valence-electron chi connectivity index (χ2n) is 4.33. The van der Waals surface area contributed by atoms with Gasteiger partial charge in [-0.2, -0.15) is 0 Å². The highest BCUT2D eigenvalue weighted by molar-refractivity contribution is 5.31. The molecule has 0 saturated heterocycles. The zero-order valence-corrected chi connectivity index (χ0v) is 10.6. The Hall–Kier alpha value is -1.94. The Kier molecular flexibility index (Phi) is 4.12. The third kappa shape index (κ3) is 3.29. The molecule has 0 radical (unpaired) electrons. The molecular weight excluding hydrogens is 248 g/mol. The summed E-state index contributed by atoms with van der Waals surface area (Å²) in [5.74, 6) is -0.265. The summed E-state index contributed by atoms with van der Waals surface area (Å²) in [5.41, 5.74) is 7.04. The summed E-state index contributed by atoms with van der Waals surface area (Å²) in [6, 6.07) is 10.1. The first-order valence-corrected chi connectivity index (χ1v) is 5.93. The van der Waals surface area contributed by atoms with Gasteiger partial charge in [-0.15, -0.1) is 0 Å². The summed E-state index contributed by atoms with van der Waals surface area (Å²) in [6.45, 7) is 0. The number of rotatable bonds is 4. The molecule has 0 aliphatic heterocycles. The second-order valence-corrected chi connectivity index (χ2v) is 4.33. The van der Waals surface area contributed by atoms with Gasteiger partial charge in [0, 0.05) is 11.6 Å². The van der Waals surface area contributed by atoms with Crippen LogP contribution in [0.1, 0.15) is 17.2 Å². The molecule has 0 aliphatic rings. The van der Waals surface area contributed by atoms with E-state index >= 15 is 0 Å². The van der Waals surface area contributed by atoms with Crippen molar-refractivity contribution in [1.82, 2.24) is 0 Å². The van der Waals surface area contributed by atoms with Gasteiger partial charge in [0.25, 0.3) is 0 Å². The van der Waals surface area contributed by atoms with Crippen LogP contribution in [0.25, 0.3) is 0 Å². The molecule has 0 bridgehead atoms. The van der Waals surface area contributed by atoms with Crippen LogP contribution in [0.5, 0.6) is 5.75 Å². The fraction of sp³-hybridized carbons (Fsp3) is 0.200. The van der Waals surface area contributed by atoms with Gasteiger partial charge in [0.05, 0.1) is 7.11 Å². The maximum absolute atomic E-state index is 13.6. The number of hydrogen-bond acceptors (Lipinski definition) is 2. The molecule has 2 nitrogen and oxygen atoms in total. The monoisotopic (exact) mass is 263 g/mol. The van der Waals surface area contributed by atoms with Crippen LogP contribution in [0.4, 0.5) is 8.78 Å². The molecule has 1 unspecified atom stereocenters. The molecule has 0 aliphatic carbocycles. The fourth-order valence-corrected chi connectivity index (χ4v) is 1.96. The first kappa shape index (κ1) is 13.5. The highest BCUT2D eigenvalue weighted by atomic mass is 19.1. The molecule has 0 fully saturated rings. The van der Waals surface area contributed by atoms with Crippen LogP contribution in [0.2, 0.25) is 0 Å². The Labute approximate surface area is 110 Å². The summed E-state index contributed by atoms with van der Waals surface area (Å²) in [7, 11) is 1.57. The van der Waals surface area contributed by atoms with E-state index in [0.29, 0.717) is 12.2 Å². The number of ether oxygens (including phenoxy) is 1. The van der Waals surface area contributed by atoms with Gasteiger partial charge in [-0.1, -0.05) is 12.1 Å². The molecule has 0 amide bonds. The summed E-state index contributed by atoms with van der Waals surface area (Å²) < 4.78 is 31.8. The number of methoxy groups -OCH3 is 1. The van der Waals surface area contributed by atoms with Gasteiger partial charge in [0.2, 0.25) is 0 Å². The molecule has 0 spiro atoms. The van der Waals surface area contributed by atoms with Crippen LogP contribution in [-0.4, -0.2) is 7.11 Å². The van der Waals surface area contributed by atoms with Crippen molar-refractivity contribution in [2.45, 2.75) is 12.5 Å². The van der Waals surface area contributed by atoms with Crippen LogP contribution in [-0.2, 0) is 6.42 Å². The second kappa shape index (κ2) is 5.80. The summed E-state index contributed by atoms with van der Waals surface area (Å²) in [6.07, 6.45) is 0.414. The Bertz CT molecular complexity index is 572. The van der Waals surface area contributed by atoms with E-state index in [9.17, 15) is 8.78 Å². The third-order valence-electron chi connectivity index (χ3n) is 2.95. The van der Waals surface area contributed by atoms with Gasteiger partial charge in [0.15, 0.2) is 0 Å². The van der Waals surface area contributed by atoms with Crippen molar-refractivity contribution in [1.29, 1.82) is 0 Å². The average molecular weight is 263 g/mol. The molecule has 1 atom stereocenters. The van der Waals surface area contributed by atoms with E-state index in [-0.39, 0.29) is 5.56 Å². The van der Waals surface area contributed by atoms with E-state index in [1.54, 1.807) is 7.11 Å². The van der Waals surface area contributed by atoms with Crippen LogP contribution >= 0.6 is 0 Å². The minimum absolute atomic E-state index is 0.183. The molecule has 2 aromatic rings. The van der Waals surface area contributed by atoms with E-state index in [1.807, 2.05) is 24.3 Å². The molecule has 19 heavy (non-hydrogen) atoms. The maximum Gasteiger partial charge on any atom is 0.128 e. The summed E-state index contributed by atoms with van der Waals surface area (Å²) >= 11 is 0. The number of benzene rings is 2. The van der Waals surface area contributed by atoms with E-state index in [1.165, 1.54) is 0 Å². The normalized spacial score (nSPS) is 12.2. The summed E-state index contributed by atoms with van der Waals surface area (Å²) in [4.78, 5) is 0. The Morgan fingerprint density at radius 1 is 1.16 bits per heavy atom. The topological polar surface area (TPSA) is 35.2 Å². The van der Waals surface area contributed by atoms with Crippen molar-refractivity contribution in [3.63, 3.8) is 0 Å². The lowest BCUT2D eigenvalue weighted by atomic mass is 9.99. The standard InChI is InChI=1S/C15H15F2NO/c1-19-12-4-2-3-10(7-12)8-15(18)13-9-11(16)5-6-14(13)17/h2-7,9,15H,8,18H2,1H3. The molecular formula is C15H15F2NO.